The van der Waals surface area contributed by atoms with E-state index in [1.54, 1.807) is 11.3 Å². The first-order valence-electron chi connectivity index (χ1n) is 8.37. The SMILES string of the molecule is O=C(C[C@H]1CCS(=O)(=O)C1)N1CCC[C@@H]1c1nc2ccccc2s1. The monoisotopic (exact) mass is 364 g/mol. The van der Waals surface area contributed by atoms with Crippen molar-refractivity contribution in [3.63, 3.8) is 0 Å². The van der Waals surface area contributed by atoms with E-state index < -0.39 is 9.84 Å². The maximum atomic E-state index is 12.7. The molecule has 0 unspecified atom stereocenters. The number of thiazole rings is 1. The molecule has 5 nitrogen and oxygen atoms in total. The zero-order valence-electron chi connectivity index (χ0n) is 13.3. The Morgan fingerprint density at radius 3 is 2.88 bits per heavy atom. The molecule has 3 heterocycles. The van der Waals surface area contributed by atoms with Gasteiger partial charge in [-0.2, -0.15) is 0 Å². The normalized spacial score (nSPS) is 26.2. The molecule has 0 bridgehead atoms. The molecule has 0 N–H and O–H groups in total. The fourth-order valence-corrected chi connectivity index (χ4v) is 6.73. The van der Waals surface area contributed by atoms with Crippen LogP contribution in [0.25, 0.3) is 10.2 Å². The standard InChI is InChI=1S/C17H20N2O3S2/c20-16(10-12-7-9-24(21,22)11-12)19-8-3-5-14(19)17-18-13-4-1-2-6-15(13)23-17/h1-2,4,6,12,14H,3,5,7-11H2/t12-,14-/m1/s1. The van der Waals surface area contributed by atoms with Crippen molar-refractivity contribution in [2.24, 2.45) is 5.92 Å². The third-order valence-electron chi connectivity index (χ3n) is 4.96. The molecule has 4 rings (SSSR count). The Labute approximate surface area is 145 Å². The van der Waals surface area contributed by atoms with E-state index >= 15 is 0 Å². The highest BCUT2D eigenvalue weighted by molar-refractivity contribution is 7.91. The summed E-state index contributed by atoms with van der Waals surface area (Å²) < 4.78 is 24.3. The summed E-state index contributed by atoms with van der Waals surface area (Å²) in [5, 5.41) is 1.00. The van der Waals surface area contributed by atoms with Crippen LogP contribution in [0.3, 0.4) is 0 Å². The molecule has 0 radical (unpaired) electrons. The van der Waals surface area contributed by atoms with E-state index in [0.29, 0.717) is 12.8 Å². The number of para-hydroxylation sites is 1. The van der Waals surface area contributed by atoms with Gasteiger partial charge in [0.25, 0.3) is 0 Å². The number of likely N-dealkylation sites (tertiary alicyclic amines) is 1. The van der Waals surface area contributed by atoms with E-state index in [1.807, 2.05) is 23.1 Å². The number of rotatable bonds is 3. The Morgan fingerprint density at radius 2 is 2.12 bits per heavy atom. The zero-order valence-corrected chi connectivity index (χ0v) is 15.0. The fraction of sp³-hybridized carbons (Fsp3) is 0.529. The Hall–Kier alpha value is -1.47. The minimum atomic E-state index is -2.93. The van der Waals surface area contributed by atoms with E-state index in [1.165, 1.54) is 0 Å². The van der Waals surface area contributed by atoms with Gasteiger partial charge >= 0.3 is 0 Å². The van der Waals surface area contributed by atoms with Crippen molar-refractivity contribution in [3.05, 3.63) is 29.3 Å². The predicted octanol–water partition coefficient (Wildman–Crippen LogP) is 2.78. The van der Waals surface area contributed by atoms with Crippen molar-refractivity contribution in [1.82, 2.24) is 9.88 Å². The van der Waals surface area contributed by atoms with E-state index in [4.69, 9.17) is 4.98 Å². The molecule has 128 valence electrons. The van der Waals surface area contributed by atoms with Crippen molar-refractivity contribution in [1.29, 1.82) is 0 Å². The van der Waals surface area contributed by atoms with Crippen LogP contribution >= 0.6 is 11.3 Å². The van der Waals surface area contributed by atoms with Gasteiger partial charge in [-0.3, -0.25) is 4.79 Å². The number of benzene rings is 1. The summed E-state index contributed by atoms with van der Waals surface area (Å²) in [6.45, 7) is 0.749. The summed E-state index contributed by atoms with van der Waals surface area (Å²) >= 11 is 1.66. The van der Waals surface area contributed by atoms with Crippen LogP contribution in [0, 0.1) is 5.92 Å². The molecule has 2 aliphatic heterocycles. The summed E-state index contributed by atoms with van der Waals surface area (Å²) in [4.78, 5) is 19.3. The van der Waals surface area contributed by atoms with Gasteiger partial charge in [0.05, 0.1) is 27.8 Å². The van der Waals surface area contributed by atoms with Crippen molar-refractivity contribution in [2.75, 3.05) is 18.1 Å². The Balaban J connectivity index is 1.51. The Bertz CT molecular complexity index is 842. The summed E-state index contributed by atoms with van der Waals surface area (Å²) in [7, 11) is -2.93. The molecular formula is C17H20N2O3S2. The third kappa shape index (κ3) is 3.07. The fourth-order valence-electron chi connectivity index (χ4n) is 3.75. The average molecular weight is 364 g/mol. The van der Waals surface area contributed by atoms with Crippen LogP contribution in [0.2, 0.25) is 0 Å². The highest BCUT2D eigenvalue weighted by Gasteiger charge is 2.35. The van der Waals surface area contributed by atoms with Gasteiger partial charge < -0.3 is 4.90 Å². The molecular weight excluding hydrogens is 344 g/mol. The first-order chi connectivity index (χ1) is 11.5. The van der Waals surface area contributed by atoms with E-state index in [-0.39, 0.29) is 29.4 Å². The van der Waals surface area contributed by atoms with E-state index in [2.05, 4.69) is 6.07 Å². The highest BCUT2D eigenvalue weighted by atomic mass is 32.2. The van der Waals surface area contributed by atoms with Gasteiger partial charge in [0.15, 0.2) is 9.84 Å². The molecule has 2 atom stereocenters. The van der Waals surface area contributed by atoms with Gasteiger partial charge in [-0.25, -0.2) is 13.4 Å². The lowest BCUT2D eigenvalue weighted by molar-refractivity contribution is -0.133. The number of carbonyl (C=O) groups is 1. The van der Waals surface area contributed by atoms with Crippen LogP contribution in [0.15, 0.2) is 24.3 Å². The van der Waals surface area contributed by atoms with Crippen LogP contribution < -0.4 is 0 Å². The maximum Gasteiger partial charge on any atom is 0.223 e. The van der Waals surface area contributed by atoms with Gasteiger partial charge in [-0.05, 0) is 37.3 Å². The van der Waals surface area contributed by atoms with E-state index in [0.717, 1.165) is 34.6 Å². The second-order valence-corrected chi connectivity index (χ2v) is 10.0. The molecule has 0 spiro atoms. The number of aromatic nitrogens is 1. The van der Waals surface area contributed by atoms with Crippen LogP contribution in [0.1, 0.15) is 36.7 Å². The van der Waals surface area contributed by atoms with Crippen LogP contribution in [0.4, 0.5) is 0 Å². The third-order valence-corrected chi connectivity index (χ3v) is 7.93. The number of carbonyl (C=O) groups excluding carboxylic acids is 1. The minimum absolute atomic E-state index is 0.0147. The van der Waals surface area contributed by atoms with Gasteiger partial charge in [-0.15, -0.1) is 11.3 Å². The van der Waals surface area contributed by atoms with Crippen LogP contribution in [0.5, 0.6) is 0 Å². The summed E-state index contributed by atoms with van der Waals surface area (Å²) in [5.41, 5.74) is 0.985. The van der Waals surface area contributed by atoms with Gasteiger partial charge in [0.2, 0.25) is 5.91 Å². The minimum Gasteiger partial charge on any atom is -0.333 e. The molecule has 2 saturated heterocycles. The lowest BCUT2D eigenvalue weighted by Gasteiger charge is -2.24. The molecule has 1 aromatic heterocycles. The first kappa shape index (κ1) is 16.0. The molecule has 0 aliphatic carbocycles. The van der Waals surface area contributed by atoms with Crippen molar-refractivity contribution in [3.8, 4) is 0 Å². The molecule has 24 heavy (non-hydrogen) atoms. The van der Waals surface area contributed by atoms with Crippen molar-refractivity contribution >= 4 is 37.3 Å². The smallest absolute Gasteiger partial charge is 0.223 e. The number of nitrogens with zero attached hydrogens (tertiary/aromatic N) is 2. The van der Waals surface area contributed by atoms with Gasteiger partial charge in [-0.1, -0.05) is 12.1 Å². The Morgan fingerprint density at radius 1 is 1.29 bits per heavy atom. The number of sulfone groups is 1. The summed E-state index contributed by atoms with van der Waals surface area (Å²) in [6, 6.07) is 8.08. The lowest BCUT2D eigenvalue weighted by atomic mass is 10.0. The maximum absolute atomic E-state index is 12.7. The second-order valence-electron chi connectivity index (χ2n) is 6.74. The van der Waals surface area contributed by atoms with Crippen molar-refractivity contribution in [2.45, 2.75) is 31.7 Å². The van der Waals surface area contributed by atoms with E-state index in [9.17, 15) is 13.2 Å². The van der Waals surface area contributed by atoms with Crippen molar-refractivity contribution < 1.29 is 13.2 Å². The largest absolute Gasteiger partial charge is 0.333 e. The number of fused-ring (bicyclic) bond motifs is 1. The Kier molecular flexibility index (Phi) is 4.08. The predicted molar refractivity (Wildman–Crippen MR) is 94.7 cm³/mol. The molecule has 2 aliphatic rings. The van der Waals surface area contributed by atoms with Crippen LogP contribution in [-0.2, 0) is 14.6 Å². The average Bonchev–Trinajstić information content (AvgIpc) is 3.24. The number of hydrogen-bond donors (Lipinski definition) is 0. The second kappa shape index (κ2) is 6.11. The number of hydrogen-bond acceptors (Lipinski definition) is 5. The first-order valence-corrected chi connectivity index (χ1v) is 11.0. The molecule has 2 fully saturated rings. The number of amides is 1. The topological polar surface area (TPSA) is 67.3 Å². The molecule has 2 aromatic rings. The zero-order chi connectivity index (χ0) is 16.7. The molecule has 0 saturated carbocycles. The molecule has 7 heteroatoms. The molecule has 1 amide bonds. The quantitative estimate of drug-likeness (QED) is 0.840. The van der Waals surface area contributed by atoms with Gasteiger partial charge in [0, 0.05) is 13.0 Å². The van der Waals surface area contributed by atoms with Crippen LogP contribution in [-0.4, -0.2) is 42.3 Å². The van der Waals surface area contributed by atoms with Gasteiger partial charge in [0.1, 0.15) is 5.01 Å². The molecule has 1 aromatic carbocycles. The highest BCUT2D eigenvalue weighted by Crippen LogP contribution is 2.37. The lowest BCUT2D eigenvalue weighted by Crippen LogP contribution is -2.32. The summed E-state index contributed by atoms with van der Waals surface area (Å²) in [6.07, 6.45) is 2.89. The summed E-state index contributed by atoms with van der Waals surface area (Å²) in [5.74, 6) is 0.461.